The van der Waals surface area contributed by atoms with Crippen LogP contribution in [0.15, 0.2) is 42.7 Å². The van der Waals surface area contributed by atoms with Gasteiger partial charge >= 0.3 is 0 Å². The van der Waals surface area contributed by atoms with Gasteiger partial charge in [-0.2, -0.15) is 5.10 Å². The highest BCUT2D eigenvalue weighted by molar-refractivity contribution is 5.93. The molecular formula is C18H24N4O. The molecule has 23 heavy (non-hydrogen) atoms. The summed E-state index contributed by atoms with van der Waals surface area (Å²) in [5, 5.41) is 7.52. The van der Waals surface area contributed by atoms with Crippen molar-refractivity contribution >= 4 is 5.91 Å². The number of nitrogens with zero attached hydrogens (tertiary/aromatic N) is 3. The van der Waals surface area contributed by atoms with Crippen molar-refractivity contribution < 1.29 is 4.79 Å². The number of carbonyl (C=O) groups is 1. The van der Waals surface area contributed by atoms with E-state index in [9.17, 15) is 4.79 Å². The van der Waals surface area contributed by atoms with E-state index in [0.717, 1.165) is 44.1 Å². The van der Waals surface area contributed by atoms with E-state index in [2.05, 4.69) is 10.4 Å². The standard InChI is InChI=1S/C18H24N4O/c1-19-10-7-15-8-11-21(12-9-15)18(23)16-13-20-22(14-16)17-5-3-2-4-6-17/h2-6,13-15,19H,7-12H2,1H3. The highest BCUT2D eigenvalue weighted by Gasteiger charge is 2.24. The number of likely N-dealkylation sites (tertiary alicyclic amines) is 1. The number of rotatable bonds is 5. The zero-order chi connectivity index (χ0) is 16.1. The third-order valence-corrected chi connectivity index (χ3v) is 4.55. The summed E-state index contributed by atoms with van der Waals surface area (Å²) in [6.45, 7) is 2.76. The highest BCUT2D eigenvalue weighted by Crippen LogP contribution is 2.21. The van der Waals surface area contributed by atoms with Gasteiger partial charge in [-0.1, -0.05) is 18.2 Å². The minimum Gasteiger partial charge on any atom is -0.339 e. The van der Waals surface area contributed by atoms with Crippen LogP contribution in [0.2, 0.25) is 0 Å². The fourth-order valence-electron chi connectivity index (χ4n) is 3.11. The number of piperidine rings is 1. The van der Waals surface area contributed by atoms with Crippen LogP contribution in [-0.2, 0) is 0 Å². The molecule has 1 aromatic heterocycles. The molecule has 1 N–H and O–H groups in total. The molecule has 1 aliphatic heterocycles. The van der Waals surface area contributed by atoms with Crippen LogP contribution in [0.1, 0.15) is 29.6 Å². The Balaban J connectivity index is 1.60. The molecule has 1 fully saturated rings. The van der Waals surface area contributed by atoms with Crippen molar-refractivity contribution in [3.05, 3.63) is 48.3 Å². The Bertz CT molecular complexity index is 629. The summed E-state index contributed by atoms with van der Waals surface area (Å²) in [4.78, 5) is 14.6. The summed E-state index contributed by atoms with van der Waals surface area (Å²) in [6, 6.07) is 9.86. The van der Waals surface area contributed by atoms with Gasteiger partial charge in [0.2, 0.25) is 0 Å². The molecule has 5 heteroatoms. The Kier molecular flexibility index (Phi) is 5.08. The Morgan fingerprint density at radius 1 is 1.26 bits per heavy atom. The molecule has 3 rings (SSSR count). The molecular weight excluding hydrogens is 288 g/mol. The van der Waals surface area contributed by atoms with E-state index in [1.807, 2.05) is 48.5 Å². The first-order valence-electron chi connectivity index (χ1n) is 8.32. The molecule has 2 aromatic rings. The van der Waals surface area contributed by atoms with Crippen LogP contribution in [0.4, 0.5) is 0 Å². The average Bonchev–Trinajstić information content (AvgIpc) is 3.11. The maximum atomic E-state index is 12.6. The Labute approximate surface area is 137 Å². The largest absolute Gasteiger partial charge is 0.339 e. The number of nitrogens with one attached hydrogen (secondary N) is 1. The van der Waals surface area contributed by atoms with E-state index < -0.39 is 0 Å². The normalized spacial score (nSPS) is 15.8. The van der Waals surface area contributed by atoms with Gasteiger partial charge in [-0.3, -0.25) is 4.79 Å². The van der Waals surface area contributed by atoms with Crippen LogP contribution < -0.4 is 5.32 Å². The monoisotopic (exact) mass is 312 g/mol. The molecule has 5 nitrogen and oxygen atoms in total. The topological polar surface area (TPSA) is 50.2 Å². The third kappa shape index (κ3) is 3.79. The lowest BCUT2D eigenvalue weighted by Crippen LogP contribution is -2.38. The summed E-state index contributed by atoms with van der Waals surface area (Å²) < 4.78 is 1.76. The van der Waals surface area contributed by atoms with Gasteiger partial charge in [-0.25, -0.2) is 4.68 Å². The zero-order valence-corrected chi connectivity index (χ0v) is 13.6. The van der Waals surface area contributed by atoms with E-state index in [1.165, 1.54) is 6.42 Å². The Morgan fingerprint density at radius 2 is 2.00 bits per heavy atom. The van der Waals surface area contributed by atoms with Gasteiger partial charge in [0.1, 0.15) is 0 Å². The number of para-hydroxylation sites is 1. The van der Waals surface area contributed by atoms with Crippen LogP contribution in [0.25, 0.3) is 5.69 Å². The first-order valence-corrected chi connectivity index (χ1v) is 8.32. The van der Waals surface area contributed by atoms with Crippen LogP contribution in [-0.4, -0.2) is 47.3 Å². The van der Waals surface area contributed by atoms with Crippen LogP contribution in [0.5, 0.6) is 0 Å². The van der Waals surface area contributed by atoms with Crippen molar-refractivity contribution in [1.29, 1.82) is 0 Å². The second-order valence-corrected chi connectivity index (χ2v) is 6.14. The lowest BCUT2D eigenvalue weighted by atomic mass is 9.93. The van der Waals surface area contributed by atoms with E-state index >= 15 is 0 Å². The van der Waals surface area contributed by atoms with Gasteiger partial charge in [0.25, 0.3) is 5.91 Å². The highest BCUT2D eigenvalue weighted by atomic mass is 16.2. The second-order valence-electron chi connectivity index (χ2n) is 6.14. The Hall–Kier alpha value is -2.14. The predicted molar refractivity (Wildman–Crippen MR) is 90.7 cm³/mol. The van der Waals surface area contributed by atoms with Gasteiger partial charge in [-0.05, 0) is 50.9 Å². The van der Waals surface area contributed by atoms with Crippen LogP contribution >= 0.6 is 0 Å². The van der Waals surface area contributed by atoms with Gasteiger partial charge in [-0.15, -0.1) is 0 Å². The first-order chi connectivity index (χ1) is 11.3. The molecule has 1 aliphatic rings. The minimum atomic E-state index is 0.0965. The number of amides is 1. The lowest BCUT2D eigenvalue weighted by Gasteiger charge is -2.31. The fourth-order valence-corrected chi connectivity index (χ4v) is 3.11. The van der Waals surface area contributed by atoms with Gasteiger partial charge in [0, 0.05) is 19.3 Å². The van der Waals surface area contributed by atoms with Crippen molar-refractivity contribution in [2.75, 3.05) is 26.7 Å². The van der Waals surface area contributed by atoms with Crippen molar-refractivity contribution in [3.63, 3.8) is 0 Å². The van der Waals surface area contributed by atoms with Crippen molar-refractivity contribution in [2.24, 2.45) is 5.92 Å². The van der Waals surface area contributed by atoms with E-state index in [4.69, 9.17) is 0 Å². The predicted octanol–water partition coefficient (Wildman–Crippen LogP) is 2.33. The number of hydrogen-bond donors (Lipinski definition) is 1. The molecule has 1 amide bonds. The van der Waals surface area contributed by atoms with Crippen molar-refractivity contribution in [1.82, 2.24) is 20.0 Å². The Morgan fingerprint density at radius 3 is 2.70 bits per heavy atom. The molecule has 122 valence electrons. The quantitative estimate of drug-likeness (QED) is 0.922. The second kappa shape index (κ2) is 7.42. The van der Waals surface area contributed by atoms with E-state index in [-0.39, 0.29) is 5.91 Å². The summed E-state index contributed by atoms with van der Waals surface area (Å²) in [5.74, 6) is 0.831. The summed E-state index contributed by atoms with van der Waals surface area (Å²) in [6.07, 6.45) is 6.89. The summed E-state index contributed by atoms with van der Waals surface area (Å²) >= 11 is 0. The molecule has 0 radical (unpaired) electrons. The fraction of sp³-hybridized carbons (Fsp3) is 0.444. The molecule has 1 saturated heterocycles. The average molecular weight is 312 g/mol. The zero-order valence-electron chi connectivity index (χ0n) is 13.6. The number of carbonyl (C=O) groups excluding carboxylic acids is 1. The van der Waals surface area contributed by atoms with Crippen molar-refractivity contribution in [3.8, 4) is 5.69 Å². The van der Waals surface area contributed by atoms with E-state index in [0.29, 0.717) is 5.56 Å². The number of aromatic nitrogens is 2. The molecule has 0 bridgehead atoms. The van der Waals surface area contributed by atoms with Gasteiger partial charge in [0.15, 0.2) is 0 Å². The maximum Gasteiger partial charge on any atom is 0.257 e. The molecule has 0 saturated carbocycles. The molecule has 0 atom stereocenters. The van der Waals surface area contributed by atoms with Gasteiger partial charge in [0.05, 0.1) is 17.4 Å². The molecule has 0 spiro atoms. The van der Waals surface area contributed by atoms with E-state index in [1.54, 1.807) is 10.9 Å². The van der Waals surface area contributed by atoms with Crippen LogP contribution in [0.3, 0.4) is 0 Å². The number of hydrogen-bond acceptors (Lipinski definition) is 3. The van der Waals surface area contributed by atoms with Gasteiger partial charge < -0.3 is 10.2 Å². The summed E-state index contributed by atoms with van der Waals surface area (Å²) in [7, 11) is 1.99. The SMILES string of the molecule is CNCCC1CCN(C(=O)c2cnn(-c3ccccc3)c2)CC1. The lowest BCUT2D eigenvalue weighted by molar-refractivity contribution is 0.0687. The molecule has 0 aliphatic carbocycles. The first kappa shape index (κ1) is 15.7. The summed E-state index contributed by atoms with van der Waals surface area (Å²) in [5.41, 5.74) is 1.64. The number of benzene rings is 1. The van der Waals surface area contributed by atoms with Crippen molar-refractivity contribution in [2.45, 2.75) is 19.3 Å². The third-order valence-electron chi connectivity index (χ3n) is 4.55. The molecule has 0 unspecified atom stereocenters. The molecule has 1 aromatic carbocycles. The smallest absolute Gasteiger partial charge is 0.257 e. The van der Waals surface area contributed by atoms with Crippen LogP contribution in [0, 0.1) is 5.92 Å². The maximum absolute atomic E-state index is 12.6. The minimum absolute atomic E-state index is 0.0965. The molecule has 2 heterocycles.